The molecule has 2 aromatic rings. The molecule has 0 N–H and O–H groups in total. The zero-order valence-corrected chi connectivity index (χ0v) is 10.2. The molecule has 0 bridgehead atoms. The molecule has 1 aromatic carbocycles. The van der Waals surface area contributed by atoms with Gasteiger partial charge < -0.3 is 9.15 Å². The van der Waals surface area contributed by atoms with Gasteiger partial charge in [0.05, 0.1) is 12.4 Å². The first-order valence-corrected chi connectivity index (χ1v) is 6.09. The predicted octanol–water partition coefficient (Wildman–Crippen LogP) is 3.36. The molecule has 1 aliphatic carbocycles. The van der Waals surface area contributed by atoms with Gasteiger partial charge in [-0.1, -0.05) is 12.1 Å². The first-order chi connectivity index (χ1) is 8.74. The second kappa shape index (κ2) is 4.33. The summed E-state index contributed by atoms with van der Waals surface area (Å²) in [6.07, 6.45) is 4.08. The summed E-state index contributed by atoms with van der Waals surface area (Å²) >= 11 is 0. The molecule has 0 aliphatic heterocycles. The van der Waals surface area contributed by atoms with Crippen molar-refractivity contribution in [3.8, 4) is 5.75 Å². The predicted molar refractivity (Wildman–Crippen MR) is 67.0 cm³/mol. The van der Waals surface area contributed by atoms with Crippen LogP contribution in [0.15, 0.2) is 41.0 Å². The Kier molecular flexibility index (Phi) is 2.67. The number of ketones is 1. The lowest BCUT2D eigenvalue weighted by atomic mass is 10.1. The maximum atomic E-state index is 12.2. The number of ether oxygens (including phenoxy) is 1. The van der Waals surface area contributed by atoms with E-state index in [0.717, 1.165) is 24.2 Å². The third-order valence-electron chi connectivity index (χ3n) is 2.99. The van der Waals surface area contributed by atoms with E-state index in [0.29, 0.717) is 17.4 Å². The van der Waals surface area contributed by atoms with Gasteiger partial charge in [0.1, 0.15) is 5.75 Å². The summed E-state index contributed by atoms with van der Waals surface area (Å²) in [7, 11) is 0. The van der Waals surface area contributed by atoms with E-state index in [9.17, 15) is 4.79 Å². The van der Waals surface area contributed by atoms with E-state index in [1.165, 1.54) is 6.26 Å². The first-order valence-electron chi connectivity index (χ1n) is 6.09. The molecule has 1 heterocycles. The molecule has 3 nitrogen and oxygen atoms in total. The molecule has 0 radical (unpaired) electrons. The standard InChI is InChI=1S/C15H14O3/c1-10-7-8-17-15(10)14(16)11-3-2-4-13(9-11)18-12-5-6-12/h2-4,7-9,12H,5-6H2,1H3. The Hall–Kier alpha value is -2.03. The molecule has 0 saturated heterocycles. The fourth-order valence-electron chi connectivity index (χ4n) is 1.83. The molecule has 1 aliphatic rings. The summed E-state index contributed by atoms with van der Waals surface area (Å²) in [5, 5.41) is 0. The molecule has 1 aromatic heterocycles. The van der Waals surface area contributed by atoms with Crippen LogP contribution in [0.3, 0.4) is 0 Å². The molecule has 3 heteroatoms. The smallest absolute Gasteiger partial charge is 0.228 e. The second-order valence-corrected chi connectivity index (χ2v) is 4.61. The van der Waals surface area contributed by atoms with Crippen molar-refractivity contribution in [2.24, 2.45) is 0 Å². The molecule has 18 heavy (non-hydrogen) atoms. The van der Waals surface area contributed by atoms with Crippen LogP contribution in [0.25, 0.3) is 0 Å². The highest BCUT2D eigenvalue weighted by atomic mass is 16.5. The van der Waals surface area contributed by atoms with Crippen LogP contribution < -0.4 is 4.74 Å². The molecule has 0 unspecified atom stereocenters. The SMILES string of the molecule is Cc1ccoc1C(=O)c1cccc(OC2CC2)c1. The topological polar surface area (TPSA) is 39.4 Å². The van der Waals surface area contributed by atoms with Gasteiger partial charge in [-0.2, -0.15) is 0 Å². The number of aryl methyl sites for hydroxylation is 1. The summed E-state index contributed by atoms with van der Waals surface area (Å²) in [5.41, 5.74) is 1.46. The molecule has 0 spiro atoms. The maximum Gasteiger partial charge on any atom is 0.228 e. The quantitative estimate of drug-likeness (QED) is 0.772. The Morgan fingerprint density at radius 1 is 1.33 bits per heavy atom. The van der Waals surface area contributed by atoms with Gasteiger partial charge in [-0.25, -0.2) is 0 Å². The van der Waals surface area contributed by atoms with Gasteiger partial charge in [-0.3, -0.25) is 4.79 Å². The van der Waals surface area contributed by atoms with Crippen LogP contribution in [0.4, 0.5) is 0 Å². The summed E-state index contributed by atoms with van der Waals surface area (Å²) in [5.74, 6) is 1.06. The van der Waals surface area contributed by atoms with E-state index in [4.69, 9.17) is 9.15 Å². The van der Waals surface area contributed by atoms with Crippen molar-refractivity contribution in [3.63, 3.8) is 0 Å². The highest BCUT2D eigenvalue weighted by molar-refractivity contribution is 6.08. The van der Waals surface area contributed by atoms with E-state index >= 15 is 0 Å². The summed E-state index contributed by atoms with van der Waals surface area (Å²) in [6, 6.07) is 9.07. The number of hydrogen-bond acceptors (Lipinski definition) is 3. The third kappa shape index (κ3) is 2.16. The van der Waals surface area contributed by atoms with Crippen molar-refractivity contribution in [2.75, 3.05) is 0 Å². The Morgan fingerprint density at radius 3 is 2.83 bits per heavy atom. The van der Waals surface area contributed by atoms with Gasteiger partial charge >= 0.3 is 0 Å². The normalized spacial score (nSPS) is 14.5. The molecular formula is C15H14O3. The van der Waals surface area contributed by atoms with Crippen molar-refractivity contribution in [3.05, 3.63) is 53.5 Å². The van der Waals surface area contributed by atoms with Crippen LogP contribution in [-0.2, 0) is 0 Å². The molecule has 3 rings (SSSR count). The Balaban J connectivity index is 1.87. The van der Waals surface area contributed by atoms with Crippen molar-refractivity contribution in [1.82, 2.24) is 0 Å². The van der Waals surface area contributed by atoms with Crippen molar-refractivity contribution in [2.45, 2.75) is 25.9 Å². The minimum atomic E-state index is -0.0984. The first kappa shape index (κ1) is 11.1. The van der Waals surface area contributed by atoms with Gasteiger partial charge in [-0.15, -0.1) is 0 Å². The van der Waals surface area contributed by atoms with Crippen molar-refractivity contribution in [1.29, 1.82) is 0 Å². The van der Waals surface area contributed by atoms with E-state index in [-0.39, 0.29) is 5.78 Å². The van der Waals surface area contributed by atoms with E-state index < -0.39 is 0 Å². The summed E-state index contributed by atoms with van der Waals surface area (Å²) in [4.78, 5) is 12.2. The molecule has 92 valence electrons. The number of furan rings is 1. The summed E-state index contributed by atoms with van der Waals surface area (Å²) < 4.78 is 10.9. The van der Waals surface area contributed by atoms with Gasteiger partial charge in [0, 0.05) is 5.56 Å². The fourth-order valence-corrected chi connectivity index (χ4v) is 1.83. The second-order valence-electron chi connectivity index (χ2n) is 4.61. The van der Waals surface area contributed by atoms with Crippen LogP contribution in [0.2, 0.25) is 0 Å². The Labute approximate surface area is 105 Å². The minimum absolute atomic E-state index is 0.0984. The molecule has 1 saturated carbocycles. The Morgan fingerprint density at radius 2 is 2.17 bits per heavy atom. The lowest BCUT2D eigenvalue weighted by molar-refractivity contribution is 0.101. The molecule has 0 atom stereocenters. The zero-order valence-electron chi connectivity index (χ0n) is 10.2. The number of carbonyl (C=O) groups is 1. The summed E-state index contributed by atoms with van der Waals surface area (Å²) in [6.45, 7) is 1.86. The average Bonchev–Trinajstić information content (AvgIpc) is 3.08. The Bertz CT molecular complexity index is 579. The number of rotatable bonds is 4. The number of hydrogen-bond donors (Lipinski definition) is 0. The number of benzene rings is 1. The van der Waals surface area contributed by atoms with Crippen molar-refractivity contribution >= 4 is 5.78 Å². The van der Waals surface area contributed by atoms with Gasteiger partial charge in [-0.05, 0) is 43.5 Å². The van der Waals surface area contributed by atoms with Crippen LogP contribution in [0.1, 0.15) is 34.5 Å². The maximum absolute atomic E-state index is 12.2. The van der Waals surface area contributed by atoms with Crippen LogP contribution in [-0.4, -0.2) is 11.9 Å². The van der Waals surface area contributed by atoms with Crippen LogP contribution >= 0.6 is 0 Å². The van der Waals surface area contributed by atoms with E-state index in [1.807, 2.05) is 19.1 Å². The largest absolute Gasteiger partial charge is 0.490 e. The van der Waals surface area contributed by atoms with Crippen LogP contribution in [0, 0.1) is 6.92 Å². The average molecular weight is 242 g/mol. The van der Waals surface area contributed by atoms with Crippen LogP contribution in [0.5, 0.6) is 5.75 Å². The minimum Gasteiger partial charge on any atom is -0.490 e. The third-order valence-corrected chi connectivity index (χ3v) is 2.99. The number of carbonyl (C=O) groups excluding carboxylic acids is 1. The highest BCUT2D eigenvalue weighted by Crippen LogP contribution is 2.27. The van der Waals surface area contributed by atoms with E-state index in [1.54, 1.807) is 18.2 Å². The lowest BCUT2D eigenvalue weighted by Gasteiger charge is -2.05. The van der Waals surface area contributed by atoms with Crippen molar-refractivity contribution < 1.29 is 13.9 Å². The van der Waals surface area contributed by atoms with Gasteiger partial charge in [0.15, 0.2) is 5.76 Å². The molecule has 1 fully saturated rings. The van der Waals surface area contributed by atoms with Gasteiger partial charge in [0.25, 0.3) is 0 Å². The van der Waals surface area contributed by atoms with Gasteiger partial charge in [0.2, 0.25) is 5.78 Å². The zero-order chi connectivity index (χ0) is 12.5. The van der Waals surface area contributed by atoms with E-state index in [2.05, 4.69) is 0 Å². The lowest BCUT2D eigenvalue weighted by Crippen LogP contribution is -2.03. The molecule has 0 amide bonds. The molecular weight excluding hydrogens is 228 g/mol. The monoisotopic (exact) mass is 242 g/mol. The fraction of sp³-hybridized carbons (Fsp3) is 0.267. The highest BCUT2D eigenvalue weighted by Gasteiger charge is 2.24.